The summed E-state index contributed by atoms with van der Waals surface area (Å²) in [5, 5.41) is 0. The van der Waals surface area contributed by atoms with Crippen molar-refractivity contribution < 1.29 is 0 Å². The van der Waals surface area contributed by atoms with E-state index in [1.54, 1.807) is 0 Å². The number of nitrogens with one attached hydrogen (secondary N) is 1. The molecule has 0 heterocycles. The molecule has 70 valence electrons. The van der Waals surface area contributed by atoms with Crippen molar-refractivity contribution in [2.75, 3.05) is 0 Å². The summed E-state index contributed by atoms with van der Waals surface area (Å²) >= 11 is 0. The Kier molecular flexibility index (Phi) is 3.31. The number of hydrazine groups is 1. The number of aliphatic imine (C=N–C) groups is 1. The maximum absolute atomic E-state index is 5.85. The first kappa shape index (κ1) is 9.28. The topological polar surface area (TPSA) is 102 Å². The second-order valence-electron chi connectivity index (χ2n) is 3.17. The van der Waals surface area contributed by atoms with E-state index in [-0.39, 0.29) is 18.0 Å². The molecule has 1 aliphatic carbocycles. The Morgan fingerprint density at radius 3 is 2.58 bits per heavy atom. The Morgan fingerprint density at radius 1 is 1.33 bits per heavy atom. The number of hydrogen-bond donors (Lipinski definition) is 4. The van der Waals surface area contributed by atoms with E-state index in [4.69, 9.17) is 17.3 Å². The smallest absolute Gasteiger partial charge is 0.203 e. The van der Waals surface area contributed by atoms with Crippen molar-refractivity contribution in [3.8, 4) is 0 Å². The Hall–Kier alpha value is -0.810. The maximum Gasteiger partial charge on any atom is 0.203 e. The fraction of sp³-hybridized carbons (Fsp3) is 0.857. The van der Waals surface area contributed by atoms with E-state index >= 15 is 0 Å². The molecule has 12 heavy (non-hydrogen) atoms. The largest absolute Gasteiger partial charge is 0.369 e. The quantitative estimate of drug-likeness (QED) is 0.176. The van der Waals surface area contributed by atoms with E-state index in [9.17, 15) is 0 Å². The summed E-state index contributed by atoms with van der Waals surface area (Å²) in [5.41, 5.74) is 13.6. The predicted molar refractivity (Wildman–Crippen MR) is 49.2 cm³/mol. The van der Waals surface area contributed by atoms with Crippen LogP contribution in [0.4, 0.5) is 0 Å². The SMILES string of the molecule is NNC(N)=NC1CCCCC1N. The van der Waals surface area contributed by atoms with Gasteiger partial charge < -0.3 is 11.5 Å². The highest BCUT2D eigenvalue weighted by Gasteiger charge is 2.20. The standard InChI is InChI=1S/C7H17N5/c8-5-3-1-2-4-6(5)11-7(9)12-10/h5-6H,1-4,8,10H2,(H3,9,11,12). The van der Waals surface area contributed by atoms with E-state index in [0.29, 0.717) is 0 Å². The highest BCUT2D eigenvalue weighted by atomic mass is 15.3. The zero-order chi connectivity index (χ0) is 8.97. The maximum atomic E-state index is 5.85. The molecule has 0 aliphatic heterocycles. The molecule has 0 aromatic heterocycles. The third kappa shape index (κ3) is 2.35. The predicted octanol–water partition coefficient (Wildman–Crippen LogP) is -0.966. The lowest BCUT2D eigenvalue weighted by molar-refractivity contribution is 0.385. The van der Waals surface area contributed by atoms with Crippen molar-refractivity contribution in [3.05, 3.63) is 0 Å². The van der Waals surface area contributed by atoms with Gasteiger partial charge in [0.05, 0.1) is 6.04 Å². The van der Waals surface area contributed by atoms with Gasteiger partial charge in [-0.15, -0.1) is 0 Å². The van der Waals surface area contributed by atoms with Gasteiger partial charge in [-0.25, -0.2) is 10.8 Å². The van der Waals surface area contributed by atoms with Crippen LogP contribution in [0.15, 0.2) is 4.99 Å². The van der Waals surface area contributed by atoms with Crippen LogP contribution >= 0.6 is 0 Å². The van der Waals surface area contributed by atoms with Gasteiger partial charge in [-0.05, 0) is 12.8 Å². The molecular formula is C7H17N5. The molecule has 1 rings (SSSR count). The minimum Gasteiger partial charge on any atom is -0.369 e. The molecule has 2 atom stereocenters. The van der Waals surface area contributed by atoms with Gasteiger partial charge in [-0.2, -0.15) is 0 Å². The van der Waals surface area contributed by atoms with Crippen molar-refractivity contribution in [1.82, 2.24) is 5.43 Å². The van der Waals surface area contributed by atoms with Gasteiger partial charge in [0, 0.05) is 6.04 Å². The second kappa shape index (κ2) is 4.27. The zero-order valence-corrected chi connectivity index (χ0v) is 7.16. The summed E-state index contributed by atoms with van der Waals surface area (Å²) in [6, 6.07) is 0.292. The average Bonchev–Trinajstić information content (AvgIpc) is 2.09. The number of rotatable bonds is 1. The fourth-order valence-corrected chi connectivity index (χ4v) is 1.52. The molecule has 0 saturated heterocycles. The monoisotopic (exact) mass is 171 g/mol. The molecule has 0 amide bonds. The van der Waals surface area contributed by atoms with Crippen LogP contribution in [0.25, 0.3) is 0 Å². The first-order chi connectivity index (χ1) is 5.74. The van der Waals surface area contributed by atoms with Crippen LogP contribution in [0.5, 0.6) is 0 Å². The van der Waals surface area contributed by atoms with Crippen LogP contribution in [0.2, 0.25) is 0 Å². The fourth-order valence-electron chi connectivity index (χ4n) is 1.52. The minimum atomic E-state index is 0.144. The van der Waals surface area contributed by atoms with Crippen molar-refractivity contribution in [2.45, 2.75) is 37.8 Å². The van der Waals surface area contributed by atoms with Gasteiger partial charge in [0.1, 0.15) is 0 Å². The third-order valence-electron chi connectivity index (χ3n) is 2.23. The van der Waals surface area contributed by atoms with Crippen molar-refractivity contribution >= 4 is 5.96 Å². The molecule has 1 fully saturated rings. The first-order valence-electron chi connectivity index (χ1n) is 4.29. The van der Waals surface area contributed by atoms with E-state index in [0.717, 1.165) is 12.8 Å². The second-order valence-corrected chi connectivity index (χ2v) is 3.17. The number of nitrogens with zero attached hydrogens (tertiary/aromatic N) is 1. The third-order valence-corrected chi connectivity index (χ3v) is 2.23. The minimum absolute atomic E-state index is 0.144. The van der Waals surface area contributed by atoms with Crippen molar-refractivity contribution in [3.63, 3.8) is 0 Å². The molecule has 1 saturated carbocycles. The molecule has 0 radical (unpaired) electrons. The zero-order valence-electron chi connectivity index (χ0n) is 7.16. The summed E-state index contributed by atoms with van der Waals surface area (Å²) in [7, 11) is 0. The number of guanidine groups is 1. The van der Waals surface area contributed by atoms with E-state index in [1.807, 2.05) is 0 Å². The van der Waals surface area contributed by atoms with Crippen LogP contribution < -0.4 is 22.7 Å². The molecule has 1 aliphatic rings. The summed E-state index contributed by atoms with van der Waals surface area (Å²) in [4.78, 5) is 4.17. The molecule has 5 heteroatoms. The van der Waals surface area contributed by atoms with Gasteiger partial charge >= 0.3 is 0 Å². The molecule has 0 aromatic rings. The lowest BCUT2D eigenvalue weighted by Gasteiger charge is -2.25. The summed E-state index contributed by atoms with van der Waals surface area (Å²) in [6.45, 7) is 0. The van der Waals surface area contributed by atoms with Crippen LogP contribution in [-0.4, -0.2) is 18.0 Å². The van der Waals surface area contributed by atoms with Crippen LogP contribution in [0, 0.1) is 0 Å². The Bertz CT molecular complexity index is 167. The summed E-state index contributed by atoms with van der Waals surface area (Å²) in [5.74, 6) is 5.36. The molecule has 0 bridgehead atoms. The number of nitrogens with two attached hydrogens (primary N) is 3. The van der Waals surface area contributed by atoms with Crippen LogP contribution in [-0.2, 0) is 0 Å². The Morgan fingerprint density at radius 2 is 2.00 bits per heavy atom. The summed E-state index contributed by atoms with van der Waals surface area (Å²) in [6.07, 6.45) is 4.43. The Balaban J connectivity index is 2.48. The van der Waals surface area contributed by atoms with Crippen molar-refractivity contribution in [2.24, 2.45) is 22.3 Å². The molecule has 5 nitrogen and oxygen atoms in total. The molecular weight excluding hydrogens is 154 g/mol. The Labute approximate surface area is 72.4 Å². The van der Waals surface area contributed by atoms with E-state index in [2.05, 4.69) is 10.4 Å². The normalized spacial score (nSPS) is 31.7. The van der Waals surface area contributed by atoms with Crippen LogP contribution in [0.1, 0.15) is 25.7 Å². The highest BCUT2D eigenvalue weighted by molar-refractivity contribution is 5.77. The lowest BCUT2D eigenvalue weighted by Crippen LogP contribution is -2.42. The van der Waals surface area contributed by atoms with E-state index < -0.39 is 0 Å². The van der Waals surface area contributed by atoms with Gasteiger partial charge in [0.15, 0.2) is 0 Å². The van der Waals surface area contributed by atoms with Gasteiger partial charge in [-0.3, -0.25) is 5.43 Å². The van der Waals surface area contributed by atoms with Gasteiger partial charge in [0.25, 0.3) is 0 Å². The molecule has 0 spiro atoms. The highest BCUT2D eigenvalue weighted by Crippen LogP contribution is 2.19. The lowest BCUT2D eigenvalue weighted by atomic mass is 9.91. The summed E-state index contributed by atoms with van der Waals surface area (Å²) < 4.78 is 0. The average molecular weight is 171 g/mol. The first-order valence-corrected chi connectivity index (χ1v) is 4.29. The molecule has 0 aromatic carbocycles. The van der Waals surface area contributed by atoms with Gasteiger partial charge in [-0.1, -0.05) is 12.8 Å². The van der Waals surface area contributed by atoms with Gasteiger partial charge in [0.2, 0.25) is 5.96 Å². The molecule has 2 unspecified atom stereocenters. The molecule has 7 N–H and O–H groups in total. The number of hydrogen-bond acceptors (Lipinski definition) is 3. The van der Waals surface area contributed by atoms with E-state index in [1.165, 1.54) is 12.8 Å². The van der Waals surface area contributed by atoms with Crippen LogP contribution in [0.3, 0.4) is 0 Å². The van der Waals surface area contributed by atoms with Crippen molar-refractivity contribution in [1.29, 1.82) is 0 Å².